The van der Waals surface area contributed by atoms with Gasteiger partial charge >= 0.3 is 0 Å². The van der Waals surface area contributed by atoms with Gasteiger partial charge in [-0.3, -0.25) is 4.79 Å². The zero-order valence-corrected chi connectivity index (χ0v) is 16.3. The van der Waals surface area contributed by atoms with Crippen molar-refractivity contribution in [3.05, 3.63) is 29.8 Å². The molecule has 0 bridgehead atoms. The number of halogens is 2. The maximum atomic E-state index is 12.3. The fraction of sp³-hybridized carbons (Fsp3) is 0.588. The molecule has 1 aromatic rings. The standard InChI is InChI=1S/C17H29N3O.2ClH/c1-5-7-12-20(6-2)16-10-8-15(9-11-16)17(21)19(4)14(3)13-18;;/h8-11,14H,5-7,12-13,18H2,1-4H3;2*1H. The van der Waals surface area contributed by atoms with Crippen molar-refractivity contribution in [2.24, 2.45) is 5.73 Å². The van der Waals surface area contributed by atoms with E-state index in [4.69, 9.17) is 5.73 Å². The first-order valence-electron chi connectivity index (χ1n) is 7.87. The summed E-state index contributed by atoms with van der Waals surface area (Å²) in [6, 6.07) is 7.94. The van der Waals surface area contributed by atoms with E-state index >= 15 is 0 Å². The smallest absolute Gasteiger partial charge is 0.253 e. The molecule has 1 aromatic carbocycles. The van der Waals surface area contributed by atoms with Crippen molar-refractivity contribution >= 4 is 36.4 Å². The molecule has 2 N–H and O–H groups in total. The van der Waals surface area contributed by atoms with Crippen LogP contribution in [0, 0.1) is 0 Å². The Labute approximate surface area is 153 Å². The summed E-state index contributed by atoms with van der Waals surface area (Å²) in [4.78, 5) is 16.4. The van der Waals surface area contributed by atoms with Crippen LogP contribution in [0.5, 0.6) is 0 Å². The number of carbonyl (C=O) groups is 1. The fourth-order valence-corrected chi connectivity index (χ4v) is 2.20. The van der Waals surface area contributed by atoms with Crippen LogP contribution in [0.2, 0.25) is 0 Å². The minimum Gasteiger partial charge on any atom is -0.372 e. The van der Waals surface area contributed by atoms with E-state index in [-0.39, 0.29) is 36.8 Å². The number of nitrogens with two attached hydrogens (primary N) is 1. The molecule has 23 heavy (non-hydrogen) atoms. The summed E-state index contributed by atoms with van der Waals surface area (Å²) >= 11 is 0. The van der Waals surface area contributed by atoms with E-state index in [0.29, 0.717) is 12.1 Å². The second-order valence-corrected chi connectivity index (χ2v) is 5.48. The Morgan fingerprint density at radius 2 is 1.74 bits per heavy atom. The van der Waals surface area contributed by atoms with E-state index in [1.165, 1.54) is 18.5 Å². The number of unbranched alkanes of at least 4 members (excludes halogenated alkanes) is 1. The van der Waals surface area contributed by atoms with E-state index in [9.17, 15) is 4.79 Å². The lowest BCUT2D eigenvalue weighted by molar-refractivity contribution is 0.0748. The van der Waals surface area contributed by atoms with Crippen LogP contribution in [-0.4, -0.2) is 43.5 Å². The molecule has 6 heteroatoms. The average Bonchev–Trinajstić information content (AvgIpc) is 2.54. The molecule has 0 aliphatic rings. The monoisotopic (exact) mass is 363 g/mol. The highest BCUT2D eigenvalue weighted by atomic mass is 35.5. The van der Waals surface area contributed by atoms with Crippen molar-refractivity contribution in [2.75, 3.05) is 31.6 Å². The van der Waals surface area contributed by atoms with Gasteiger partial charge in [0, 0.05) is 44.0 Å². The molecular formula is C17H31Cl2N3O. The van der Waals surface area contributed by atoms with Gasteiger partial charge in [-0.25, -0.2) is 0 Å². The SMILES string of the molecule is CCCCN(CC)c1ccc(C(=O)N(C)C(C)CN)cc1.Cl.Cl. The summed E-state index contributed by atoms with van der Waals surface area (Å²) in [5.41, 5.74) is 7.51. The van der Waals surface area contributed by atoms with Crippen LogP contribution < -0.4 is 10.6 Å². The highest BCUT2D eigenvalue weighted by molar-refractivity contribution is 5.94. The number of carbonyl (C=O) groups excluding carboxylic acids is 1. The highest BCUT2D eigenvalue weighted by Gasteiger charge is 2.16. The summed E-state index contributed by atoms with van der Waals surface area (Å²) in [7, 11) is 1.80. The van der Waals surface area contributed by atoms with Crippen LogP contribution in [0.3, 0.4) is 0 Å². The maximum absolute atomic E-state index is 12.3. The van der Waals surface area contributed by atoms with Gasteiger partial charge < -0.3 is 15.5 Å². The van der Waals surface area contributed by atoms with Crippen LogP contribution in [0.15, 0.2) is 24.3 Å². The van der Waals surface area contributed by atoms with Crippen molar-refractivity contribution in [2.45, 2.75) is 39.7 Å². The molecule has 1 atom stereocenters. The second-order valence-electron chi connectivity index (χ2n) is 5.48. The Kier molecular flexibility index (Phi) is 13.1. The molecule has 0 radical (unpaired) electrons. The third kappa shape index (κ3) is 6.98. The van der Waals surface area contributed by atoms with Gasteiger partial charge in [0.25, 0.3) is 5.91 Å². The molecule has 0 aromatic heterocycles. The lowest BCUT2D eigenvalue weighted by Crippen LogP contribution is -2.39. The number of amides is 1. The third-order valence-corrected chi connectivity index (χ3v) is 3.97. The molecule has 1 unspecified atom stereocenters. The van der Waals surface area contributed by atoms with Gasteiger partial charge in [0.05, 0.1) is 0 Å². The van der Waals surface area contributed by atoms with E-state index in [2.05, 4.69) is 18.7 Å². The number of rotatable bonds is 8. The van der Waals surface area contributed by atoms with Crippen LogP contribution in [0.4, 0.5) is 5.69 Å². The zero-order valence-electron chi connectivity index (χ0n) is 14.6. The first-order valence-corrected chi connectivity index (χ1v) is 7.87. The van der Waals surface area contributed by atoms with Crippen molar-refractivity contribution in [3.63, 3.8) is 0 Å². The molecule has 0 saturated carbocycles. The summed E-state index contributed by atoms with van der Waals surface area (Å²) in [6.45, 7) is 8.83. The molecule has 1 amide bonds. The van der Waals surface area contributed by atoms with E-state index in [1.54, 1.807) is 11.9 Å². The molecule has 134 valence electrons. The van der Waals surface area contributed by atoms with E-state index in [0.717, 1.165) is 13.1 Å². The first-order chi connectivity index (χ1) is 10.0. The van der Waals surface area contributed by atoms with Crippen LogP contribution >= 0.6 is 24.8 Å². The summed E-state index contributed by atoms with van der Waals surface area (Å²) < 4.78 is 0. The third-order valence-electron chi connectivity index (χ3n) is 3.97. The molecule has 0 spiro atoms. The molecule has 4 nitrogen and oxygen atoms in total. The van der Waals surface area contributed by atoms with Gasteiger partial charge in [-0.1, -0.05) is 13.3 Å². The number of hydrogen-bond acceptors (Lipinski definition) is 3. The highest BCUT2D eigenvalue weighted by Crippen LogP contribution is 2.17. The minimum absolute atomic E-state index is 0. The van der Waals surface area contributed by atoms with Crippen molar-refractivity contribution < 1.29 is 4.79 Å². The first kappa shape index (κ1) is 24.3. The summed E-state index contributed by atoms with van der Waals surface area (Å²) in [5.74, 6) is 0.0242. The maximum Gasteiger partial charge on any atom is 0.253 e. The summed E-state index contributed by atoms with van der Waals surface area (Å²) in [5, 5.41) is 0. The Morgan fingerprint density at radius 3 is 2.17 bits per heavy atom. The topological polar surface area (TPSA) is 49.6 Å². The predicted octanol–water partition coefficient (Wildman–Crippen LogP) is 3.58. The molecule has 1 rings (SSSR count). The molecule has 0 aliphatic heterocycles. The van der Waals surface area contributed by atoms with Crippen molar-refractivity contribution in [3.8, 4) is 0 Å². The van der Waals surface area contributed by atoms with Crippen molar-refractivity contribution in [1.82, 2.24) is 4.90 Å². The number of hydrogen-bond donors (Lipinski definition) is 1. The molecule has 0 fully saturated rings. The number of anilines is 1. The molecule has 0 saturated heterocycles. The Morgan fingerprint density at radius 1 is 1.17 bits per heavy atom. The molecular weight excluding hydrogens is 333 g/mol. The zero-order chi connectivity index (χ0) is 15.8. The van der Waals surface area contributed by atoms with Gasteiger partial charge in [-0.2, -0.15) is 0 Å². The van der Waals surface area contributed by atoms with Crippen LogP contribution in [-0.2, 0) is 0 Å². The van der Waals surface area contributed by atoms with E-state index < -0.39 is 0 Å². The van der Waals surface area contributed by atoms with Gasteiger partial charge in [-0.15, -0.1) is 24.8 Å². The number of benzene rings is 1. The Balaban J connectivity index is 0. The predicted molar refractivity (Wildman–Crippen MR) is 104 cm³/mol. The van der Waals surface area contributed by atoms with Crippen molar-refractivity contribution in [1.29, 1.82) is 0 Å². The largest absolute Gasteiger partial charge is 0.372 e. The van der Waals surface area contributed by atoms with Gasteiger partial charge in [0.2, 0.25) is 0 Å². The Hall–Kier alpha value is -0.970. The number of nitrogens with zero attached hydrogens (tertiary/aromatic N) is 2. The minimum atomic E-state index is 0. The van der Waals surface area contributed by atoms with Gasteiger partial charge in [-0.05, 0) is 44.5 Å². The van der Waals surface area contributed by atoms with E-state index in [1.807, 2.05) is 31.2 Å². The quantitative estimate of drug-likeness (QED) is 0.767. The second kappa shape index (κ2) is 12.5. The lowest BCUT2D eigenvalue weighted by atomic mass is 10.1. The van der Waals surface area contributed by atoms with Crippen LogP contribution in [0.1, 0.15) is 44.0 Å². The molecule has 0 aliphatic carbocycles. The van der Waals surface area contributed by atoms with Gasteiger partial charge in [0.15, 0.2) is 0 Å². The average molecular weight is 364 g/mol. The molecule has 0 heterocycles. The summed E-state index contributed by atoms with van der Waals surface area (Å²) in [6.07, 6.45) is 2.38. The van der Waals surface area contributed by atoms with Crippen LogP contribution in [0.25, 0.3) is 0 Å². The lowest BCUT2D eigenvalue weighted by Gasteiger charge is -2.25. The number of likely N-dealkylation sites (N-methyl/N-ethyl adjacent to an activating group) is 1. The normalized spacial score (nSPS) is 11.0. The van der Waals surface area contributed by atoms with Gasteiger partial charge in [0.1, 0.15) is 0 Å². The fourth-order valence-electron chi connectivity index (χ4n) is 2.20. The Bertz CT molecular complexity index is 440.